The first-order valence-corrected chi connectivity index (χ1v) is 45.9. The molecule has 3 amide bonds. The van der Waals surface area contributed by atoms with Crippen molar-refractivity contribution in [2.24, 2.45) is 5.73 Å². The number of anilines is 7. The fourth-order valence-corrected chi connectivity index (χ4v) is 21.6. The van der Waals surface area contributed by atoms with Gasteiger partial charge in [-0.2, -0.15) is 0 Å². The van der Waals surface area contributed by atoms with Crippen LogP contribution >= 0.6 is 79.4 Å². The Morgan fingerprint density at radius 2 is 0.797 bits per heavy atom. The van der Waals surface area contributed by atoms with Crippen molar-refractivity contribution in [3.05, 3.63) is 340 Å². The molecule has 12 heterocycles. The van der Waals surface area contributed by atoms with Crippen molar-refractivity contribution in [1.82, 2.24) is 24.9 Å². The van der Waals surface area contributed by atoms with Crippen LogP contribution in [0.15, 0.2) is 253 Å². The lowest BCUT2D eigenvalue weighted by molar-refractivity contribution is 0.0989. The molecule has 20 rings (SSSR count). The summed E-state index contributed by atoms with van der Waals surface area (Å²) < 4.78 is 52.4. The van der Waals surface area contributed by atoms with Crippen LogP contribution in [0.3, 0.4) is 0 Å². The minimum absolute atomic E-state index is 0.0355. The number of thiophene rings is 7. The Morgan fingerprint density at radius 3 is 1.36 bits per heavy atom. The predicted octanol–water partition coefficient (Wildman–Crippen LogP) is 24.7. The van der Waals surface area contributed by atoms with Crippen LogP contribution in [0.4, 0.5) is 57.4 Å². The fraction of sp³-hybridized carbons (Fsp3) is 0.0909. The number of nitrogen functional groups attached to an aromatic ring is 5. The highest BCUT2D eigenvalue weighted by molar-refractivity contribution is 7.23. The van der Waals surface area contributed by atoms with Gasteiger partial charge in [-0.25, -0.2) is 42.5 Å². The number of nitrogens with zero attached hydrogens (tertiary/aromatic N) is 5. The quantitative estimate of drug-likeness (QED) is 0.0329. The Kier molecular flexibility index (Phi) is 26.2. The maximum Gasteiger partial charge on any atom is 0.267 e. The molecule has 1 aliphatic carbocycles. The first-order valence-electron chi connectivity index (χ1n) is 40.1. The summed E-state index contributed by atoms with van der Waals surface area (Å²) in [5.74, 6) is -2.58. The molecule has 12 aromatic heterocycles. The van der Waals surface area contributed by atoms with Crippen molar-refractivity contribution >= 4 is 200 Å². The van der Waals surface area contributed by atoms with Gasteiger partial charge >= 0.3 is 0 Å². The second-order valence-corrected chi connectivity index (χ2v) is 36.7. The fourth-order valence-electron chi connectivity index (χ4n) is 15.0. The van der Waals surface area contributed by atoms with E-state index >= 15 is 0 Å². The number of carbonyl (C=O) groups is 5. The molecule has 0 saturated carbocycles. The third-order valence-corrected chi connectivity index (χ3v) is 28.4. The van der Waals surface area contributed by atoms with Gasteiger partial charge in [-0.05, 0) is 228 Å². The zero-order chi connectivity index (χ0) is 89.6. The second-order valence-electron chi connectivity index (χ2n) is 29.9. The summed E-state index contributed by atoms with van der Waals surface area (Å²) in [5, 5.41) is 13.4. The molecule has 7 aromatic carbocycles. The molecular weight excluding hydrogens is 1750 g/mol. The number of fused-ring (bicyclic) bond motifs is 6. The first-order chi connectivity index (χ1) is 61.9. The van der Waals surface area contributed by atoms with Gasteiger partial charge in [-0.3, -0.25) is 24.0 Å². The number of hydrogen-bond acceptors (Lipinski definition) is 22. The van der Waals surface area contributed by atoms with Crippen molar-refractivity contribution in [2.75, 3.05) is 39.3 Å². The Balaban J connectivity index is 0.000000118. The number of benzene rings is 7. The largest absolute Gasteiger partial charge is 0.397 e. The van der Waals surface area contributed by atoms with E-state index in [9.17, 15) is 41.5 Å². The number of halogens is 4. The summed E-state index contributed by atoms with van der Waals surface area (Å²) in [4.78, 5) is 93.8. The van der Waals surface area contributed by atoms with Crippen LogP contribution in [-0.4, -0.2) is 54.2 Å². The van der Waals surface area contributed by atoms with E-state index in [0.29, 0.717) is 80.8 Å². The number of pyridine rings is 5. The summed E-state index contributed by atoms with van der Waals surface area (Å²) in [5.41, 5.74) is 54.7. The lowest BCUT2D eigenvalue weighted by Crippen LogP contribution is -2.11. The number of rotatable bonds is 16. The van der Waals surface area contributed by atoms with Gasteiger partial charge in [0.2, 0.25) is 0 Å². The summed E-state index contributed by atoms with van der Waals surface area (Å²) in [7, 11) is 0. The minimum atomic E-state index is -0.580. The molecule has 128 heavy (non-hydrogen) atoms. The van der Waals surface area contributed by atoms with Gasteiger partial charge < -0.3 is 45.0 Å². The standard InChI is InChI=1S/C25H21FN2OS.C22H18N2OS.2C18H12FN3OS2.C16H14FN3OS/c26-17-12-10-15(11-13-17)14-20(29)24-23(27)22-21(16-6-2-1-3-7-16)18-8-4-5-9-19(18)28-25(22)30-24;1-14-12-17(16-10-6-3-7-11-16)19-20(23)21(26-22(19)24-14)18(25)13-15-8-4-2-5-9-15;19-10-3-5-11(6-4-10)21-17(23)16-15(20)12-7-8-13(22-18(12)25-16)14-2-1-9-24-14;19-10-5-3-9(4-6-10)11-8-12(13-2-1-7-24-13)22-18-14(11)15(20)16(25-18)17(21)23;1-8-7-9(2)19-16-12(8)13(18)14(22-16)15(21)20-11-5-3-10(17)4-6-11/h1-3,6-7,10-13H,4-5,8-9,14,27H2;2-12H,13,23H2,1H3;1-9H,20H2,(H,21,23);1-8H,20H2,(H2,21,23);3-7H,18H2,1-2H3,(H,20,21). The normalized spacial score (nSPS) is 11.5. The highest BCUT2D eigenvalue weighted by Gasteiger charge is 2.29. The lowest BCUT2D eigenvalue weighted by atomic mass is 9.87. The number of hydrogen-bond donors (Lipinski definition) is 8. The minimum Gasteiger partial charge on any atom is -0.397 e. The van der Waals surface area contributed by atoms with E-state index in [-0.39, 0.29) is 57.9 Å². The monoisotopic (exact) mass is 1830 g/mol. The average Bonchev–Trinajstić information content (AvgIpc) is 1.51. The number of ketones is 2. The van der Waals surface area contributed by atoms with E-state index in [1.165, 1.54) is 135 Å². The zero-order valence-electron chi connectivity index (χ0n) is 68.6. The van der Waals surface area contributed by atoms with Gasteiger partial charge in [0.25, 0.3) is 17.7 Å². The van der Waals surface area contributed by atoms with Gasteiger partial charge in [0.1, 0.15) is 62.1 Å². The molecule has 18 nitrogen and oxygen atoms in total. The Morgan fingerprint density at radius 1 is 0.375 bits per heavy atom. The first kappa shape index (κ1) is 87.4. The van der Waals surface area contributed by atoms with Gasteiger partial charge in [0.05, 0.1) is 59.3 Å². The highest BCUT2D eigenvalue weighted by Crippen LogP contribution is 2.47. The van der Waals surface area contributed by atoms with E-state index in [4.69, 9.17) is 39.4 Å². The summed E-state index contributed by atoms with van der Waals surface area (Å²) in [6.45, 7) is 5.82. The molecule has 0 unspecified atom stereocenters. The van der Waals surface area contributed by atoms with Crippen LogP contribution < -0.4 is 45.0 Å². The molecule has 0 saturated heterocycles. The van der Waals surface area contributed by atoms with Gasteiger partial charge in [-0.15, -0.1) is 79.4 Å². The van der Waals surface area contributed by atoms with Gasteiger partial charge in [0.15, 0.2) is 11.6 Å². The van der Waals surface area contributed by atoms with Crippen LogP contribution in [0.2, 0.25) is 0 Å². The molecule has 0 atom stereocenters. The molecule has 0 radical (unpaired) electrons. The number of primary amides is 1. The number of nitrogens with one attached hydrogen (secondary N) is 2. The Hall–Kier alpha value is -14.0. The molecule has 14 N–H and O–H groups in total. The third kappa shape index (κ3) is 19.2. The highest BCUT2D eigenvalue weighted by atomic mass is 32.1. The summed E-state index contributed by atoms with van der Waals surface area (Å²) in [6.07, 6.45) is 4.75. The molecule has 0 aliphatic heterocycles. The molecule has 0 bridgehead atoms. The Labute approximate surface area is 759 Å². The van der Waals surface area contributed by atoms with Crippen molar-refractivity contribution in [1.29, 1.82) is 0 Å². The molecule has 0 spiro atoms. The van der Waals surface area contributed by atoms with Crippen LogP contribution in [-0.2, 0) is 25.7 Å². The third-order valence-electron chi connectivity index (χ3n) is 21.0. The maximum absolute atomic E-state index is 13.3. The molecule has 29 heteroatoms. The van der Waals surface area contributed by atoms with Crippen LogP contribution in [0.25, 0.3) is 106 Å². The second kappa shape index (κ2) is 38.4. The van der Waals surface area contributed by atoms with Crippen molar-refractivity contribution < 1.29 is 41.5 Å². The van der Waals surface area contributed by atoms with Crippen molar-refractivity contribution in [3.63, 3.8) is 0 Å². The van der Waals surface area contributed by atoms with E-state index in [1.807, 2.05) is 153 Å². The SMILES string of the molecule is Cc1cc(-c2ccccc2)c2c(N)c(C(=O)Cc3ccccc3)sc2n1.Cc1cc(C)c2c(N)c(C(=O)Nc3ccc(F)cc3)sc2n1.NC(=O)c1sc2nc(-c3cccs3)cc(-c3ccc(F)cc3)c2c1N.Nc1c(C(=O)Cc2ccc(F)cc2)sc2nc3c(c(-c4ccccc4)c12)CCCC3.Nc1c(C(=O)Nc2ccc(F)cc2)sc2nc(-c3cccs3)ccc12. The van der Waals surface area contributed by atoms with E-state index < -0.39 is 5.91 Å². The smallest absolute Gasteiger partial charge is 0.267 e. The van der Waals surface area contributed by atoms with Crippen molar-refractivity contribution in [2.45, 2.75) is 59.3 Å². The molecule has 0 fully saturated rings. The number of aryl methyl sites for hydroxylation is 4. The zero-order valence-corrected chi connectivity index (χ0v) is 74.3. The molecular formula is C99H77F4N13O5S7. The van der Waals surface area contributed by atoms with E-state index in [1.54, 1.807) is 46.9 Å². The van der Waals surface area contributed by atoms with E-state index in [0.717, 1.165) is 150 Å². The van der Waals surface area contributed by atoms with Crippen LogP contribution in [0, 0.1) is 44.0 Å². The number of aromatic nitrogens is 5. The summed E-state index contributed by atoms with van der Waals surface area (Å²) in [6, 6.07) is 71.0. The predicted molar refractivity (Wildman–Crippen MR) is 520 cm³/mol. The van der Waals surface area contributed by atoms with Gasteiger partial charge in [-0.1, -0.05) is 127 Å². The number of amides is 3. The van der Waals surface area contributed by atoms with Gasteiger partial charge in [0, 0.05) is 68.2 Å². The molecule has 19 aromatic rings. The summed E-state index contributed by atoms with van der Waals surface area (Å²) >= 11 is 9.62. The van der Waals surface area contributed by atoms with Crippen molar-refractivity contribution in [3.8, 4) is 54.5 Å². The van der Waals surface area contributed by atoms with Crippen LogP contribution in [0.5, 0.6) is 0 Å². The average molecular weight is 1830 g/mol. The molecule has 1 aliphatic rings. The van der Waals surface area contributed by atoms with E-state index in [2.05, 4.69) is 54.8 Å². The number of Topliss-reactive ketones (excluding diaryl/α,β-unsaturated/α-hetero) is 2. The number of carbonyl (C=O) groups excluding carboxylic acids is 5. The maximum atomic E-state index is 13.3. The molecule has 638 valence electrons. The topological polar surface area (TPSA) is 330 Å². The lowest BCUT2D eigenvalue weighted by Gasteiger charge is -2.20. The van der Waals surface area contributed by atoms with Crippen LogP contribution in [0.1, 0.15) is 101 Å². The number of nitrogens with two attached hydrogens (primary N) is 6. The Bertz CT molecular complexity index is 7380.